The molecular weight excluding hydrogens is 432 g/mol. The lowest BCUT2D eigenvalue weighted by atomic mass is 9.54. The fourth-order valence-corrected chi connectivity index (χ4v) is 5.74. The Morgan fingerprint density at radius 2 is 1.56 bits per heavy atom. The molecule has 3 rings (SSSR count). The van der Waals surface area contributed by atoms with E-state index in [1.54, 1.807) is 27.7 Å². The Kier molecular flexibility index (Phi) is 7.49. The predicted molar refractivity (Wildman–Crippen MR) is 130 cm³/mol. The summed E-state index contributed by atoms with van der Waals surface area (Å²) in [5.74, 6) is -0.934. The van der Waals surface area contributed by atoms with Gasteiger partial charge in [0.1, 0.15) is 5.60 Å². The van der Waals surface area contributed by atoms with Crippen LogP contribution in [0.4, 0.5) is 0 Å². The number of ether oxygens (including phenoxy) is 3. The average Bonchev–Trinajstić information content (AvgIpc) is 2.73. The third-order valence-electron chi connectivity index (χ3n) is 7.58. The summed E-state index contributed by atoms with van der Waals surface area (Å²) in [7, 11) is 0. The van der Waals surface area contributed by atoms with E-state index in [9.17, 15) is 14.4 Å². The van der Waals surface area contributed by atoms with Gasteiger partial charge in [0.2, 0.25) is 0 Å². The molecule has 0 aliphatic heterocycles. The minimum absolute atomic E-state index is 0.0280. The Hall–Kier alpha value is -2.37. The summed E-state index contributed by atoms with van der Waals surface area (Å²) in [6, 6.07) is 2.06. The van der Waals surface area contributed by atoms with Crippen molar-refractivity contribution in [2.24, 2.45) is 23.2 Å². The lowest BCUT2D eigenvalue weighted by Gasteiger charge is -2.54. The molecule has 1 fully saturated rings. The smallest absolute Gasteiger partial charge is 0.313 e. The molecule has 0 N–H and O–H groups in total. The third kappa shape index (κ3) is 4.60. The minimum Gasteiger partial charge on any atom is -0.456 e. The molecular formula is C28H40O6. The van der Waals surface area contributed by atoms with E-state index in [1.165, 1.54) is 0 Å². The van der Waals surface area contributed by atoms with Gasteiger partial charge in [0.15, 0.2) is 11.5 Å². The van der Waals surface area contributed by atoms with E-state index in [-0.39, 0.29) is 40.6 Å². The number of fused-ring (bicyclic) bond motifs is 3. The van der Waals surface area contributed by atoms with E-state index in [2.05, 4.69) is 19.9 Å². The molecule has 0 heterocycles. The van der Waals surface area contributed by atoms with Gasteiger partial charge < -0.3 is 14.2 Å². The van der Waals surface area contributed by atoms with Gasteiger partial charge in [0.25, 0.3) is 6.47 Å². The minimum atomic E-state index is -0.932. The Morgan fingerprint density at radius 1 is 0.971 bits per heavy atom. The van der Waals surface area contributed by atoms with Gasteiger partial charge in [-0.1, -0.05) is 61.5 Å². The summed E-state index contributed by atoms with van der Waals surface area (Å²) in [5, 5.41) is 0. The summed E-state index contributed by atoms with van der Waals surface area (Å²) >= 11 is 0. The van der Waals surface area contributed by atoms with Crippen molar-refractivity contribution in [2.45, 2.75) is 99.0 Å². The monoisotopic (exact) mass is 472 g/mol. The highest BCUT2D eigenvalue weighted by molar-refractivity contribution is 5.80. The standard InChI is InChI=1S/C28H40O6/c1-16(2)20-14-19-10-11-21-27(7,8)12-9-13-28(21,32-15-29)22(19)24(34-26(31)18(5)6)23(20)33-25(30)17(3)4/h14-18,21H,9-13H2,1-8H3/t21-,28+/m0/s1. The number of esters is 2. The van der Waals surface area contributed by atoms with Gasteiger partial charge in [-0.25, -0.2) is 0 Å². The van der Waals surface area contributed by atoms with E-state index in [1.807, 2.05) is 13.8 Å². The van der Waals surface area contributed by atoms with Crippen LogP contribution in [0.15, 0.2) is 6.07 Å². The van der Waals surface area contributed by atoms with E-state index >= 15 is 0 Å². The number of benzene rings is 1. The van der Waals surface area contributed by atoms with Crippen molar-refractivity contribution in [3.05, 3.63) is 22.8 Å². The van der Waals surface area contributed by atoms with Crippen LogP contribution in [0.25, 0.3) is 0 Å². The van der Waals surface area contributed by atoms with E-state index in [4.69, 9.17) is 14.2 Å². The Balaban J connectivity index is 2.38. The fraction of sp³-hybridized carbons (Fsp3) is 0.679. The molecule has 1 aromatic carbocycles. The molecule has 0 amide bonds. The van der Waals surface area contributed by atoms with Gasteiger partial charge in [-0.3, -0.25) is 14.4 Å². The van der Waals surface area contributed by atoms with Crippen molar-refractivity contribution in [3.8, 4) is 11.5 Å². The molecule has 2 aliphatic carbocycles. The maximum absolute atomic E-state index is 12.9. The molecule has 1 saturated carbocycles. The van der Waals surface area contributed by atoms with Crippen LogP contribution in [-0.2, 0) is 31.1 Å². The quantitative estimate of drug-likeness (QED) is 0.272. The number of rotatable bonds is 7. The van der Waals surface area contributed by atoms with Crippen LogP contribution in [0.3, 0.4) is 0 Å². The molecule has 0 bridgehead atoms. The highest BCUT2D eigenvalue weighted by Crippen LogP contribution is 2.61. The van der Waals surface area contributed by atoms with Gasteiger partial charge in [-0.15, -0.1) is 0 Å². The topological polar surface area (TPSA) is 78.9 Å². The van der Waals surface area contributed by atoms with Crippen LogP contribution in [0.2, 0.25) is 0 Å². The highest BCUT2D eigenvalue weighted by Gasteiger charge is 2.56. The third-order valence-corrected chi connectivity index (χ3v) is 7.58. The second-order valence-electron chi connectivity index (χ2n) is 11.5. The summed E-state index contributed by atoms with van der Waals surface area (Å²) in [4.78, 5) is 37.6. The van der Waals surface area contributed by atoms with Crippen molar-refractivity contribution in [2.75, 3.05) is 0 Å². The van der Waals surface area contributed by atoms with Gasteiger partial charge in [-0.2, -0.15) is 0 Å². The zero-order valence-corrected chi connectivity index (χ0v) is 21.9. The molecule has 6 nitrogen and oxygen atoms in total. The SMILES string of the molecule is CC(C)C(=O)Oc1c(C(C)C)cc2c(c1OC(=O)C(C)C)[C@@]1(OC=O)CCCC(C)(C)[C@@H]1CC2. The van der Waals surface area contributed by atoms with Gasteiger partial charge in [0.05, 0.1) is 11.8 Å². The van der Waals surface area contributed by atoms with Crippen molar-refractivity contribution < 1.29 is 28.6 Å². The van der Waals surface area contributed by atoms with Gasteiger partial charge in [-0.05, 0) is 49.0 Å². The first-order valence-corrected chi connectivity index (χ1v) is 12.6. The number of hydrogen-bond acceptors (Lipinski definition) is 6. The van der Waals surface area contributed by atoms with Crippen LogP contribution in [0.5, 0.6) is 11.5 Å². The zero-order chi connectivity index (χ0) is 25.4. The van der Waals surface area contributed by atoms with Crippen LogP contribution >= 0.6 is 0 Å². The first-order chi connectivity index (χ1) is 15.9. The van der Waals surface area contributed by atoms with E-state index in [0.717, 1.165) is 36.8 Å². The summed E-state index contributed by atoms with van der Waals surface area (Å²) in [5.41, 5.74) is 1.51. The Morgan fingerprint density at radius 3 is 2.09 bits per heavy atom. The summed E-state index contributed by atoms with van der Waals surface area (Å²) < 4.78 is 18.0. The lowest BCUT2D eigenvalue weighted by Crippen LogP contribution is -2.51. The molecule has 188 valence electrons. The fourth-order valence-electron chi connectivity index (χ4n) is 5.74. The van der Waals surface area contributed by atoms with Crippen LogP contribution in [-0.4, -0.2) is 18.4 Å². The number of aryl methyl sites for hydroxylation is 1. The molecule has 0 aromatic heterocycles. The average molecular weight is 473 g/mol. The lowest BCUT2D eigenvalue weighted by molar-refractivity contribution is -0.173. The molecule has 0 spiro atoms. The normalized spacial score (nSPS) is 23.3. The number of hydrogen-bond donors (Lipinski definition) is 0. The summed E-state index contributed by atoms with van der Waals surface area (Å²) in [6.45, 7) is 16.1. The molecule has 0 unspecified atom stereocenters. The predicted octanol–water partition coefficient (Wildman–Crippen LogP) is 6.07. The Bertz CT molecular complexity index is 958. The zero-order valence-electron chi connectivity index (χ0n) is 21.9. The second-order valence-corrected chi connectivity index (χ2v) is 11.5. The molecule has 2 atom stereocenters. The van der Waals surface area contributed by atoms with Crippen molar-refractivity contribution in [1.82, 2.24) is 0 Å². The molecule has 1 aromatic rings. The van der Waals surface area contributed by atoms with Crippen LogP contribution in [0, 0.1) is 23.2 Å². The maximum atomic E-state index is 12.9. The van der Waals surface area contributed by atoms with Crippen LogP contribution in [0.1, 0.15) is 104 Å². The molecule has 6 heteroatoms. The maximum Gasteiger partial charge on any atom is 0.313 e. The van der Waals surface area contributed by atoms with Crippen LogP contribution < -0.4 is 9.47 Å². The van der Waals surface area contributed by atoms with Gasteiger partial charge in [0, 0.05) is 17.0 Å². The largest absolute Gasteiger partial charge is 0.456 e. The molecule has 0 saturated heterocycles. The van der Waals surface area contributed by atoms with Crippen molar-refractivity contribution in [1.29, 1.82) is 0 Å². The highest BCUT2D eigenvalue weighted by atomic mass is 16.6. The number of carbonyl (C=O) groups excluding carboxylic acids is 3. The first-order valence-electron chi connectivity index (χ1n) is 12.6. The van der Waals surface area contributed by atoms with E-state index < -0.39 is 17.5 Å². The molecule has 2 aliphatic rings. The first kappa shape index (κ1) is 26.2. The summed E-state index contributed by atoms with van der Waals surface area (Å²) in [6.07, 6.45) is 4.18. The second kappa shape index (κ2) is 9.71. The number of carbonyl (C=O) groups is 3. The van der Waals surface area contributed by atoms with Crippen molar-refractivity contribution in [3.63, 3.8) is 0 Å². The molecule has 34 heavy (non-hydrogen) atoms. The Labute approximate surface area is 203 Å². The van der Waals surface area contributed by atoms with E-state index in [0.29, 0.717) is 18.5 Å². The molecule has 0 radical (unpaired) electrons. The van der Waals surface area contributed by atoms with Gasteiger partial charge >= 0.3 is 11.9 Å². The van der Waals surface area contributed by atoms with Crippen molar-refractivity contribution >= 4 is 18.4 Å².